The summed E-state index contributed by atoms with van der Waals surface area (Å²) >= 11 is 0. The van der Waals surface area contributed by atoms with E-state index in [2.05, 4.69) is 5.32 Å². The largest absolute Gasteiger partial charge is 0.494 e. The maximum atomic E-state index is 11.9. The second kappa shape index (κ2) is 8.97. The topological polar surface area (TPSA) is 108 Å². The number of carbonyl (C=O) groups excluding carboxylic acids is 2. The summed E-state index contributed by atoms with van der Waals surface area (Å²) in [4.78, 5) is 33.7. The SMILES string of the molecule is COc1cc([N+](=O)[O-])ccc1NC(=O)COC(=O)/C=C/c1ccccc1. The number of benzene rings is 2. The third kappa shape index (κ3) is 5.45. The maximum absolute atomic E-state index is 11.9. The molecule has 0 aliphatic heterocycles. The average molecular weight is 356 g/mol. The molecule has 8 heteroatoms. The molecule has 2 rings (SSSR count). The van der Waals surface area contributed by atoms with E-state index in [0.717, 1.165) is 5.56 Å². The van der Waals surface area contributed by atoms with Gasteiger partial charge in [-0.3, -0.25) is 14.9 Å². The van der Waals surface area contributed by atoms with Gasteiger partial charge in [0.15, 0.2) is 6.61 Å². The second-order valence-corrected chi connectivity index (χ2v) is 5.04. The van der Waals surface area contributed by atoms with Gasteiger partial charge in [0.25, 0.3) is 11.6 Å². The number of hydrogen-bond acceptors (Lipinski definition) is 6. The Morgan fingerprint density at radius 1 is 1.19 bits per heavy atom. The number of non-ortho nitro benzene ring substituents is 1. The molecule has 0 fully saturated rings. The lowest BCUT2D eigenvalue weighted by Gasteiger charge is -2.09. The van der Waals surface area contributed by atoms with E-state index in [0.29, 0.717) is 0 Å². The first-order chi connectivity index (χ1) is 12.5. The van der Waals surface area contributed by atoms with Crippen LogP contribution in [0.4, 0.5) is 11.4 Å². The van der Waals surface area contributed by atoms with Gasteiger partial charge in [0.05, 0.1) is 23.8 Å². The van der Waals surface area contributed by atoms with Crippen molar-refractivity contribution in [2.24, 2.45) is 0 Å². The number of amides is 1. The maximum Gasteiger partial charge on any atom is 0.331 e. The van der Waals surface area contributed by atoms with Gasteiger partial charge in [0.2, 0.25) is 0 Å². The minimum absolute atomic E-state index is 0.128. The van der Waals surface area contributed by atoms with Crippen LogP contribution in [0.2, 0.25) is 0 Å². The Morgan fingerprint density at radius 3 is 2.58 bits per heavy atom. The van der Waals surface area contributed by atoms with Gasteiger partial charge in [0.1, 0.15) is 5.75 Å². The van der Waals surface area contributed by atoms with Crippen molar-refractivity contribution >= 4 is 29.3 Å². The lowest BCUT2D eigenvalue weighted by Crippen LogP contribution is -2.20. The van der Waals surface area contributed by atoms with Crippen molar-refractivity contribution in [3.63, 3.8) is 0 Å². The Kier molecular flexibility index (Phi) is 6.44. The van der Waals surface area contributed by atoms with Crippen LogP contribution in [0.25, 0.3) is 6.08 Å². The van der Waals surface area contributed by atoms with Gasteiger partial charge in [-0.25, -0.2) is 4.79 Å². The van der Waals surface area contributed by atoms with Gasteiger partial charge in [-0.05, 0) is 17.7 Å². The number of nitrogens with one attached hydrogen (secondary N) is 1. The summed E-state index contributed by atoms with van der Waals surface area (Å²) < 4.78 is 9.86. The third-order valence-electron chi connectivity index (χ3n) is 3.23. The highest BCUT2D eigenvalue weighted by molar-refractivity contribution is 5.95. The highest BCUT2D eigenvalue weighted by atomic mass is 16.6. The fraction of sp³-hybridized carbons (Fsp3) is 0.111. The van der Waals surface area contributed by atoms with E-state index in [1.807, 2.05) is 30.3 Å². The van der Waals surface area contributed by atoms with Crippen LogP contribution in [-0.2, 0) is 14.3 Å². The molecule has 0 atom stereocenters. The molecule has 0 bridgehead atoms. The Hall–Kier alpha value is -3.68. The lowest BCUT2D eigenvalue weighted by atomic mass is 10.2. The molecule has 2 aromatic rings. The molecule has 0 spiro atoms. The number of methoxy groups -OCH3 is 1. The zero-order valence-electron chi connectivity index (χ0n) is 13.9. The third-order valence-corrected chi connectivity index (χ3v) is 3.23. The van der Waals surface area contributed by atoms with Crippen LogP contribution in [0.15, 0.2) is 54.6 Å². The van der Waals surface area contributed by atoms with Crippen molar-refractivity contribution in [3.05, 3.63) is 70.3 Å². The van der Waals surface area contributed by atoms with Crippen molar-refractivity contribution in [1.29, 1.82) is 0 Å². The quantitative estimate of drug-likeness (QED) is 0.354. The van der Waals surface area contributed by atoms with Gasteiger partial charge in [-0.1, -0.05) is 30.3 Å². The van der Waals surface area contributed by atoms with E-state index in [-0.39, 0.29) is 17.1 Å². The van der Waals surface area contributed by atoms with Gasteiger partial charge in [-0.2, -0.15) is 0 Å². The molecule has 0 saturated carbocycles. The van der Waals surface area contributed by atoms with E-state index in [9.17, 15) is 19.7 Å². The predicted molar refractivity (Wildman–Crippen MR) is 94.7 cm³/mol. The summed E-state index contributed by atoms with van der Waals surface area (Å²) in [5.74, 6) is -1.14. The van der Waals surface area contributed by atoms with Crippen molar-refractivity contribution < 1.29 is 24.0 Å². The van der Waals surface area contributed by atoms with E-state index < -0.39 is 23.4 Å². The molecule has 0 heterocycles. The fourth-order valence-corrected chi connectivity index (χ4v) is 2.00. The number of carbonyl (C=O) groups is 2. The zero-order chi connectivity index (χ0) is 18.9. The molecular weight excluding hydrogens is 340 g/mol. The van der Waals surface area contributed by atoms with Crippen LogP contribution in [0.5, 0.6) is 5.75 Å². The fourth-order valence-electron chi connectivity index (χ4n) is 2.00. The van der Waals surface area contributed by atoms with Gasteiger partial charge in [0, 0.05) is 12.1 Å². The smallest absolute Gasteiger partial charge is 0.331 e. The zero-order valence-corrected chi connectivity index (χ0v) is 13.9. The van der Waals surface area contributed by atoms with Crippen LogP contribution < -0.4 is 10.1 Å². The van der Waals surface area contributed by atoms with Gasteiger partial charge < -0.3 is 14.8 Å². The number of nitro benzene ring substituents is 1. The molecule has 0 radical (unpaired) electrons. The number of nitro groups is 1. The number of ether oxygens (including phenoxy) is 2. The molecule has 2 aromatic carbocycles. The summed E-state index contributed by atoms with van der Waals surface area (Å²) in [5, 5.41) is 13.2. The number of rotatable bonds is 7. The number of anilines is 1. The van der Waals surface area contributed by atoms with Crippen molar-refractivity contribution in [2.75, 3.05) is 19.0 Å². The Bertz CT molecular complexity index is 833. The Labute approximate surface area is 149 Å². The monoisotopic (exact) mass is 356 g/mol. The predicted octanol–water partition coefficient (Wildman–Crippen LogP) is 2.80. The number of nitrogens with zero attached hydrogens (tertiary/aromatic N) is 1. The lowest BCUT2D eigenvalue weighted by molar-refractivity contribution is -0.384. The van der Waals surface area contributed by atoms with Crippen LogP contribution in [0, 0.1) is 10.1 Å². The first-order valence-corrected chi connectivity index (χ1v) is 7.52. The van der Waals surface area contributed by atoms with Gasteiger partial charge in [-0.15, -0.1) is 0 Å². The number of esters is 1. The average Bonchev–Trinajstić information content (AvgIpc) is 2.65. The molecule has 0 aromatic heterocycles. The summed E-state index contributed by atoms with van der Waals surface area (Å²) in [7, 11) is 1.32. The molecule has 0 saturated heterocycles. The molecule has 8 nitrogen and oxygen atoms in total. The molecule has 1 amide bonds. The van der Waals surface area contributed by atoms with Crippen molar-refractivity contribution in [2.45, 2.75) is 0 Å². The first kappa shape index (κ1) is 18.7. The summed E-state index contributed by atoms with van der Waals surface area (Å²) in [6.07, 6.45) is 2.79. The first-order valence-electron chi connectivity index (χ1n) is 7.52. The van der Waals surface area contributed by atoms with Crippen LogP contribution in [-0.4, -0.2) is 30.5 Å². The Morgan fingerprint density at radius 2 is 1.92 bits per heavy atom. The van der Waals surface area contributed by atoms with Crippen LogP contribution in [0.3, 0.4) is 0 Å². The molecule has 134 valence electrons. The van der Waals surface area contributed by atoms with E-state index in [1.54, 1.807) is 6.08 Å². The second-order valence-electron chi connectivity index (χ2n) is 5.04. The van der Waals surface area contributed by atoms with E-state index >= 15 is 0 Å². The van der Waals surface area contributed by atoms with Gasteiger partial charge >= 0.3 is 5.97 Å². The minimum Gasteiger partial charge on any atom is -0.494 e. The summed E-state index contributed by atoms with van der Waals surface area (Å²) in [6.45, 7) is -0.502. The molecular formula is C18H16N2O6. The van der Waals surface area contributed by atoms with E-state index in [1.165, 1.54) is 31.4 Å². The highest BCUT2D eigenvalue weighted by Gasteiger charge is 2.14. The standard InChI is InChI=1S/C18H16N2O6/c1-25-16-11-14(20(23)24)8-9-15(16)19-17(21)12-26-18(22)10-7-13-5-3-2-4-6-13/h2-11H,12H2,1H3,(H,19,21)/b10-7+. The van der Waals surface area contributed by atoms with Crippen molar-refractivity contribution in [1.82, 2.24) is 0 Å². The minimum atomic E-state index is -0.667. The highest BCUT2D eigenvalue weighted by Crippen LogP contribution is 2.28. The normalized spacial score (nSPS) is 10.3. The summed E-state index contributed by atoms with van der Waals surface area (Å²) in [5.41, 5.74) is 0.890. The molecule has 0 aliphatic rings. The van der Waals surface area contributed by atoms with E-state index in [4.69, 9.17) is 9.47 Å². The molecule has 1 N–H and O–H groups in total. The van der Waals surface area contributed by atoms with Crippen LogP contribution in [0.1, 0.15) is 5.56 Å². The number of hydrogen-bond donors (Lipinski definition) is 1. The molecule has 26 heavy (non-hydrogen) atoms. The summed E-state index contributed by atoms with van der Waals surface area (Å²) in [6, 6.07) is 12.9. The molecule has 0 aliphatic carbocycles. The molecule has 0 unspecified atom stereocenters. The Balaban J connectivity index is 1.89. The van der Waals surface area contributed by atoms with Crippen LogP contribution >= 0.6 is 0 Å². The van der Waals surface area contributed by atoms with Crippen molar-refractivity contribution in [3.8, 4) is 5.75 Å².